The summed E-state index contributed by atoms with van der Waals surface area (Å²) in [7, 11) is -3.59. The number of nitrogens with zero attached hydrogens (tertiary/aromatic N) is 2. The van der Waals surface area contributed by atoms with Crippen LogP contribution in [0, 0.1) is 6.92 Å². The summed E-state index contributed by atoms with van der Waals surface area (Å²) in [4.78, 5) is 17.0. The predicted octanol–water partition coefficient (Wildman–Crippen LogP) is 2.80. The number of nitrogens with one attached hydrogen (secondary N) is 2. The van der Waals surface area contributed by atoms with E-state index >= 15 is 0 Å². The van der Waals surface area contributed by atoms with Gasteiger partial charge in [-0.15, -0.1) is 11.3 Å². The highest BCUT2D eigenvalue weighted by Crippen LogP contribution is 2.21. The number of fused-ring (bicyclic) bond motifs is 1. The van der Waals surface area contributed by atoms with Crippen molar-refractivity contribution in [2.45, 2.75) is 36.6 Å². The van der Waals surface area contributed by atoms with E-state index in [1.54, 1.807) is 41.8 Å². The number of aryl methyl sites for hydroxylation is 2. The Hall–Kier alpha value is -2.65. The second-order valence-corrected chi connectivity index (χ2v) is 9.63. The number of sulfonamides is 1. The van der Waals surface area contributed by atoms with Crippen molar-refractivity contribution in [1.82, 2.24) is 14.9 Å². The number of imidazole rings is 1. The van der Waals surface area contributed by atoms with Gasteiger partial charge in [0.05, 0.1) is 5.69 Å². The Morgan fingerprint density at radius 1 is 1.25 bits per heavy atom. The SMILES string of the molecule is Cc1cn2c(n1)CCC(NC(=O)c1ccc(NS(=O)(=O)c3cccs3)cc1)C2. The maximum Gasteiger partial charge on any atom is 0.271 e. The maximum absolute atomic E-state index is 12.5. The second-order valence-electron chi connectivity index (χ2n) is 6.77. The summed E-state index contributed by atoms with van der Waals surface area (Å²) < 4.78 is 29.4. The Labute approximate surface area is 167 Å². The van der Waals surface area contributed by atoms with E-state index in [9.17, 15) is 13.2 Å². The van der Waals surface area contributed by atoms with Crippen molar-refractivity contribution in [3.05, 3.63) is 65.1 Å². The molecular formula is C19H20N4O3S2. The van der Waals surface area contributed by atoms with Crippen molar-refractivity contribution >= 4 is 33.0 Å². The van der Waals surface area contributed by atoms with Crippen LogP contribution in [-0.4, -0.2) is 29.9 Å². The van der Waals surface area contributed by atoms with Crippen LogP contribution in [0.25, 0.3) is 0 Å². The first-order valence-electron chi connectivity index (χ1n) is 8.90. The summed E-state index contributed by atoms with van der Waals surface area (Å²) in [6.45, 7) is 2.67. The quantitative estimate of drug-likeness (QED) is 0.669. The molecule has 7 nitrogen and oxygen atoms in total. The molecule has 1 aliphatic heterocycles. The Kier molecular flexibility index (Phi) is 4.94. The van der Waals surface area contributed by atoms with E-state index in [0.717, 1.165) is 35.7 Å². The topological polar surface area (TPSA) is 93.1 Å². The molecule has 1 atom stereocenters. The normalized spacial score (nSPS) is 16.4. The van der Waals surface area contributed by atoms with Crippen LogP contribution < -0.4 is 10.0 Å². The third-order valence-corrected chi connectivity index (χ3v) is 7.39. The molecule has 2 N–H and O–H groups in total. The van der Waals surface area contributed by atoms with Crippen LogP contribution in [-0.2, 0) is 23.0 Å². The lowest BCUT2D eigenvalue weighted by atomic mass is 10.1. The number of anilines is 1. The third kappa shape index (κ3) is 3.95. The van der Waals surface area contributed by atoms with Gasteiger partial charge in [-0.05, 0) is 49.1 Å². The van der Waals surface area contributed by atoms with E-state index < -0.39 is 10.0 Å². The monoisotopic (exact) mass is 416 g/mol. The smallest absolute Gasteiger partial charge is 0.271 e. The van der Waals surface area contributed by atoms with E-state index in [2.05, 4.69) is 19.6 Å². The van der Waals surface area contributed by atoms with Crippen LogP contribution in [0.3, 0.4) is 0 Å². The minimum atomic E-state index is -3.59. The minimum Gasteiger partial charge on any atom is -0.347 e. The van der Waals surface area contributed by atoms with E-state index in [0.29, 0.717) is 17.8 Å². The summed E-state index contributed by atoms with van der Waals surface area (Å²) in [5.41, 5.74) is 1.90. The van der Waals surface area contributed by atoms with E-state index in [-0.39, 0.29) is 16.2 Å². The highest BCUT2D eigenvalue weighted by atomic mass is 32.2. The molecule has 1 aromatic carbocycles. The van der Waals surface area contributed by atoms with Crippen molar-refractivity contribution < 1.29 is 13.2 Å². The molecule has 0 radical (unpaired) electrons. The molecule has 4 rings (SSSR count). The first kappa shape index (κ1) is 18.7. The number of carbonyl (C=O) groups is 1. The molecule has 3 aromatic rings. The zero-order chi connectivity index (χ0) is 19.7. The fourth-order valence-electron chi connectivity index (χ4n) is 3.28. The predicted molar refractivity (Wildman–Crippen MR) is 108 cm³/mol. The molecule has 0 spiro atoms. The van der Waals surface area contributed by atoms with E-state index in [1.807, 2.05) is 13.1 Å². The van der Waals surface area contributed by atoms with Gasteiger partial charge in [-0.25, -0.2) is 13.4 Å². The Morgan fingerprint density at radius 3 is 2.75 bits per heavy atom. The summed E-state index contributed by atoms with van der Waals surface area (Å²) in [6.07, 6.45) is 3.69. The van der Waals surface area contributed by atoms with Crippen molar-refractivity contribution in [3.8, 4) is 0 Å². The molecule has 2 aromatic heterocycles. The number of amides is 1. The van der Waals surface area contributed by atoms with Gasteiger partial charge in [-0.2, -0.15) is 0 Å². The van der Waals surface area contributed by atoms with Crippen LogP contribution in [0.15, 0.2) is 52.2 Å². The largest absolute Gasteiger partial charge is 0.347 e. The Morgan fingerprint density at radius 2 is 2.04 bits per heavy atom. The van der Waals surface area contributed by atoms with Crippen LogP contribution >= 0.6 is 11.3 Å². The van der Waals surface area contributed by atoms with Crippen molar-refractivity contribution in [3.63, 3.8) is 0 Å². The molecule has 0 bridgehead atoms. The Bertz CT molecular complexity index is 1090. The number of aromatic nitrogens is 2. The zero-order valence-corrected chi connectivity index (χ0v) is 16.9. The van der Waals surface area contributed by atoms with Crippen LogP contribution in [0.4, 0.5) is 5.69 Å². The fraction of sp³-hybridized carbons (Fsp3) is 0.263. The number of rotatable bonds is 5. The molecule has 0 aliphatic carbocycles. The van der Waals surface area contributed by atoms with Gasteiger partial charge in [0.15, 0.2) is 0 Å². The summed E-state index contributed by atoms with van der Waals surface area (Å²) in [6, 6.07) is 9.72. The molecule has 1 amide bonds. The lowest BCUT2D eigenvalue weighted by Gasteiger charge is -2.24. The molecule has 0 fully saturated rings. The fourth-order valence-corrected chi connectivity index (χ4v) is 5.34. The maximum atomic E-state index is 12.5. The standard InChI is InChI=1S/C19H20N4O3S2/c1-13-11-23-12-16(8-9-17(23)20-13)21-19(24)14-4-6-15(7-5-14)22-28(25,26)18-3-2-10-27-18/h2-7,10-11,16,22H,8-9,12H2,1H3,(H,21,24). The molecule has 1 unspecified atom stereocenters. The van der Waals surface area contributed by atoms with Crippen LogP contribution in [0.2, 0.25) is 0 Å². The first-order valence-corrected chi connectivity index (χ1v) is 11.3. The van der Waals surface area contributed by atoms with Gasteiger partial charge in [0, 0.05) is 36.5 Å². The van der Waals surface area contributed by atoms with Gasteiger partial charge in [-0.3, -0.25) is 9.52 Å². The minimum absolute atomic E-state index is 0.0469. The lowest BCUT2D eigenvalue weighted by Crippen LogP contribution is -2.40. The van der Waals surface area contributed by atoms with Crippen LogP contribution in [0.1, 0.15) is 28.3 Å². The average molecular weight is 417 g/mol. The van der Waals surface area contributed by atoms with E-state index in [4.69, 9.17) is 0 Å². The van der Waals surface area contributed by atoms with E-state index in [1.165, 1.54) is 0 Å². The van der Waals surface area contributed by atoms with Crippen LogP contribution in [0.5, 0.6) is 0 Å². The average Bonchev–Trinajstić information content (AvgIpc) is 3.31. The second kappa shape index (κ2) is 7.40. The molecule has 0 saturated heterocycles. The number of carbonyl (C=O) groups excluding carboxylic acids is 1. The molecule has 0 saturated carbocycles. The van der Waals surface area contributed by atoms with Gasteiger partial charge in [0.1, 0.15) is 10.0 Å². The zero-order valence-electron chi connectivity index (χ0n) is 15.3. The molecule has 9 heteroatoms. The van der Waals surface area contributed by atoms with Gasteiger partial charge in [-0.1, -0.05) is 6.07 Å². The molecule has 146 valence electrons. The van der Waals surface area contributed by atoms with Gasteiger partial charge >= 0.3 is 0 Å². The highest BCUT2D eigenvalue weighted by molar-refractivity contribution is 7.94. The summed E-state index contributed by atoms with van der Waals surface area (Å²) in [5.74, 6) is 0.892. The van der Waals surface area contributed by atoms with Gasteiger partial charge in [0.2, 0.25) is 0 Å². The molecule has 3 heterocycles. The number of thiophene rings is 1. The number of hydrogen-bond donors (Lipinski definition) is 2. The van der Waals surface area contributed by atoms with Crippen molar-refractivity contribution in [2.75, 3.05) is 4.72 Å². The third-order valence-electron chi connectivity index (χ3n) is 4.61. The highest BCUT2D eigenvalue weighted by Gasteiger charge is 2.22. The molecular weight excluding hydrogens is 396 g/mol. The van der Waals surface area contributed by atoms with Crippen molar-refractivity contribution in [1.29, 1.82) is 0 Å². The first-order chi connectivity index (χ1) is 13.4. The van der Waals surface area contributed by atoms with Gasteiger partial charge < -0.3 is 9.88 Å². The lowest BCUT2D eigenvalue weighted by molar-refractivity contribution is 0.0927. The summed E-state index contributed by atoms with van der Waals surface area (Å²) in [5, 5.41) is 4.76. The molecule has 28 heavy (non-hydrogen) atoms. The van der Waals surface area contributed by atoms with Crippen molar-refractivity contribution in [2.24, 2.45) is 0 Å². The number of hydrogen-bond acceptors (Lipinski definition) is 5. The molecule has 1 aliphatic rings. The summed E-state index contributed by atoms with van der Waals surface area (Å²) >= 11 is 1.15. The Balaban J connectivity index is 1.39. The number of benzene rings is 1. The van der Waals surface area contributed by atoms with Gasteiger partial charge in [0.25, 0.3) is 15.9 Å².